The fourth-order valence-electron chi connectivity index (χ4n) is 5.52. The Morgan fingerprint density at radius 3 is 2.61 bits per heavy atom. The number of benzene rings is 2. The molecule has 1 saturated carbocycles. The number of guanidine groups is 1. The van der Waals surface area contributed by atoms with Gasteiger partial charge in [-0.25, -0.2) is 4.99 Å². The van der Waals surface area contributed by atoms with Crippen LogP contribution in [-0.2, 0) is 6.54 Å². The Morgan fingerprint density at radius 2 is 1.83 bits per heavy atom. The predicted octanol–water partition coefficient (Wildman–Crippen LogP) is 4.89. The third kappa shape index (κ3) is 4.26. The van der Waals surface area contributed by atoms with E-state index in [1.54, 1.807) is 0 Å². The highest BCUT2D eigenvalue weighted by atomic mass is 15.5. The van der Waals surface area contributed by atoms with Gasteiger partial charge in [0.2, 0.25) is 5.96 Å². The molecule has 0 radical (unpaired) electrons. The highest BCUT2D eigenvalue weighted by Crippen LogP contribution is 2.36. The number of hydrogen-bond donors (Lipinski definition) is 2. The van der Waals surface area contributed by atoms with E-state index in [9.17, 15) is 5.41 Å². The van der Waals surface area contributed by atoms with E-state index in [1.165, 1.54) is 6.42 Å². The van der Waals surface area contributed by atoms with Crippen LogP contribution in [0.4, 0.5) is 5.69 Å². The van der Waals surface area contributed by atoms with Crippen LogP contribution in [0.25, 0.3) is 11.3 Å². The monoisotopic (exact) mass is 477 g/mol. The number of nitrogens with zero attached hydrogens (tertiary/aromatic N) is 5. The molecule has 1 aromatic heterocycles. The molecule has 6 rings (SSSR count). The summed E-state index contributed by atoms with van der Waals surface area (Å²) >= 11 is 0. The van der Waals surface area contributed by atoms with Crippen LogP contribution in [0, 0.1) is 11.3 Å². The number of hydrogen-bond acceptors (Lipinski definition) is 5. The number of fused-ring (bicyclic) bond motifs is 3. The van der Waals surface area contributed by atoms with Crippen LogP contribution in [-0.4, -0.2) is 58.1 Å². The van der Waals surface area contributed by atoms with Crippen LogP contribution >= 0.6 is 0 Å². The molecule has 0 bridgehead atoms. The molecule has 3 aliphatic rings. The Bertz CT molecular complexity index is 1280. The Kier molecular flexibility index (Phi) is 5.97. The Balaban J connectivity index is 1.27. The lowest BCUT2D eigenvalue weighted by atomic mass is 10.00. The number of rotatable bonds is 5. The first kappa shape index (κ1) is 22.5. The summed E-state index contributed by atoms with van der Waals surface area (Å²) in [5.41, 5.74) is 4.16. The van der Waals surface area contributed by atoms with Crippen molar-refractivity contribution in [1.82, 2.24) is 14.8 Å². The van der Waals surface area contributed by atoms with Gasteiger partial charge >= 0.3 is 0 Å². The molecule has 2 N–H and O–H groups in total. The van der Waals surface area contributed by atoms with Crippen molar-refractivity contribution >= 4 is 23.3 Å². The molecule has 2 fully saturated rings. The lowest BCUT2D eigenvalue weighted by Crippen LogP contribution is -2.59. The van der Waals surface area contributed by atoms with Gasteiger partial charge in [0.1, 0.15) is 11.7 Å². The number of nitrogens with one attached hydrogen (secondary N) is 2. The fourth-order valence-corrected chi connectivity index (χ4v) is 5.52. The number of aromatic nitrogens is 1. The van der Waals surface area contributed by atoms with Crippen molar-refractivity contribution in [1.29, 1.82) is 5.41 Å². The Hall–Kier alpha value is -4.00. The lowest BCUT2D eigenvalue weighted by Gasteiger charge is -2.41. The molecule has 0 amide bonds. The van der Waals surface area contributed by atoms with Gasteiger partial charge in [0, 0.05) is 31.0 Å². The second kappa shape index (κ2) is 9.57. The maximum atomic E-state index is 9.21. The van der Waals surface area contributed by atoms with E-state index in [1.807, 2.05) is 54.7 Å². The molecule has 3 heterocycles. The smallest absolute Gasteiger partial charge is 0.202 e. The number of aliphatic imine (C=N–C) groups is 2. The highest BCUT2D eigenvalue weighted by molar-refractivity contribution is 6.16. The fraction of sp³-hybridized carbons (Fsp3) is 0.310. The Labute approximate surface area is 212 Å². The largest absolute Gasteiger partial charge is 0.344 e. The average Bonchev–Trinajstić information content (AvgIpc) is 3.52. The maximum Gasteiger partial charge on any atom is 0.202 e. The third-order valence-corrected chi connectivity index (χ3v) is 7.38. The molecular formula is C29H31N7. The lowest BCUT2D eigenvalue weighted by molar-refractivity contribution is 0.340. The molecule has 1 aliphatic carbocycles. The van der Waals surface area contributed by atoms with Crippen molar-refractivity contribution < 1.29 is 0 Å². The summed E-state index contributed by atoms with van der Waals surface area (Å²) in [5.74, 6) is 2.23. The van der Waals surface area contributed by atoms with Crippen molar-refractivity contribution in [2.75, 3.05) is 18.9 Å². The Morgan fingerprint density at radius 1 is 1.03 bits per heavy atom. The summed E-state index contributed by atoms with van der Waals surface area (Å²) in [6.45, 7) is 1.23. The van der Waals surface area contributed by atoms with E-state index < -0.39 is 0 Å². The first-order valence-corrected chi connectivity index (χ1v) is 12.7. The van der Waals surface area contributed by atoms with E-state index in [-0.39, 0.29) is 5.92 Å². The zero-order valence-electron chi connectivity index (χ0n) is 20.5. The predicted molar refractivity (Wildman–Crippen MR) is 145 cm³/mol. The molecule has 7 heteroatoms. The van der Waals surface area contributed by atoms with Crippen LogP contribution < -0.4 is 5.32 Å². The minimum absolute atomic E-state index is 0.152. The van der Waals surface area contributed by atoms with E-state index in [0.29, 0.717) is 31.0 Å². The summed E-state index contributed by atoms with van der Waals surface area (Å²) in [6, 6.07) is 25.1. The maximum absolute atomic E-state index is 9.21. The molecule has 2 aliphatic heterocycles. The first-order chi connectivity index (χ1) is 17.7. The van der Waals surface area contributed by atoms with E-state index in [2.05, 4.69) is 51.4 Å². The van der Waals surface area contributed by atoms with Crippen molar-refractivity contribution in [2.45, 2.75) is 37.9 Å². The number of anilines is 1. The van der Waals surface area contributed by atoms with Crippen LogP contribution in [0.2, 0.25) is 0 Å². The minimum Gasteiger partial charge on any atom is -0.344 e. The summed E-state index contributed by atoms with van der Waals surface area (Å²) in [7, 11) is 2.09. The van der Waals surface area contributed by atoms with Crippen LogP contribution in [0.15, 0.2) is 89.0 Å². The highest BCUT2D eigenvalue weighted by Gasteiger charge is 2.48. The van der Waals surface area contributed by atoms with Gasteiger partial charge in [-0.3, -0.25) is 20.3 Å². The molecule has 3 atom stereocenters. The molecule has 0 spiro atoms. The molecule has 182 valence electrons. The SMILES string of the molecule is CN1CC(C(=NCc2ccc(-c3ccccn3)cc2)Nc2ccccc2)C(=N)N2C1=NC1CCCC12. The zero-order valence-corrected chi connectivity index (χ0v) is 20.5. The normalized spacial score (nSPS) is 23.4. The molecule has 2 aromatic carbocycles. The van der Waals surface area contributed by atoms with E-state index in [0.717, 1.165) is 47.1 Å². The van der Waals surface area contributed by atoms with Gasteiger partial charge < -0.3 is 10.2 Å². The average molecular weight is 478 g/mol. The summed E-state index contributed by atoms with van der Waals surface area (Å²) in [6.07, 6.45) is 5.22. The van der Waals surface area contributed by atoms with Gasteiger partial charge in [-0.1, -0.05) is 48.5 Å². The molecule has 36 heavy (non-hydrogen) atoms. The molecule has 7 nitrogen and oxygen atoms in total. The van der Waals surface area contributed by atoms with Crippen LogP contribution in [0.1, 0.15) is 24.8 Å². The number of pyridine rings is 1. The van der Waals surface area contributed by atoms with Gasteiger partial charge in [-0.2, -0.15) is 0 Å². The van der Waals surface area contributed by atoms with Gasteiger partial charge in [0.25, 0.3) is 0 Å². The summed E-state index contributed by atoms with van der Waals surface area (Å²) in [4.78, 5) is 18.8. The first-order valence-electron chi connectivity index (χ1n) is 12.7. The van der Waals surface area contributed by atoms with Crippen molar-refractivity contribution in [2.24, 2.45) is 15.9 Å². The summed E-state index contributed by atoms with van der Waals surface area (Å²) < 4.78 is 0. The van der Waals surface area contributed by atoms with E-state index >= 15 is 0 Å². The summed E-state index contributed by atoms with van der Waals surface area (Å²) in [5, 5.41) is 12.8. The molecule has 1 saturated heterocycles. The van der Waals surface area contributed by atoms with Gasteiger partial charge in [-0.05, 0) is 49.1 Å². The zero-order chi connectivity index (χ0) is 24.5. The second-order valence-corrected chi connectivity index (χ2v) is 9.79. The number of amidine groups is 2. The molecule has 3 unspecified atom stereocenters. The van der Waals surface area contributed by atoms with Gasteiger partial charge in [0.15, 0.2) is 0 Å². The minimum atomic E-state index is -0.152. The van der Waals surface area contributed by atoms with Gasteiger partial charge in [-0.15, -0.1) is 0 Å². The standard InChI is InChI=1S/C29H31N7/c1-35-19-23(27(30)36-26-12-7-11-25(26)34-29(35)36)28(33-22-8-3-2-4-9-22)32-18-20-13-15-21(16-14-20)24-10-5-6-17-31-24/h2-6,8-10,13-17,23,25-26,30H,7,11-12,18-19H2,1H3,(H,32,33). The van der Waals surface area contributed by atoms with Crippen LogP contribution in [0.5, 0.6) is 0 Å². The van der Waals surface area contributed by atoms with Crippen molar-refractivity contribution in [3.8, 4) is 11.3 Å². The van der Waals surface area contributed by atoms with E-state index in [4.69, 9.17) is 9.98 Å². The third-order valence-electron chi connectivity index (χ3n) is 7.38. The quantitative estimate of drug-likeness (QED) is 0.405. The number of para-hydroxylation sites is 1. The van der Waals surface area contributed by atoms with Crippen molar-refractivity contribution in [3.05, 3.63) is 84.6 Å². The van der Waals surface area contributed by atoms with Crippen LogP contribution in [0.3, 0.4) is 0 Å². The second-order valence-electron chi connectivity index (χ2n) is 9.79. The molecule has 3 aromatic rings. The molecular weight excluding hydrogens is 446 g/mol. The van der Waals surface area contributed by atoms with Crippen molar-refractivity contribution in [3.63, 3.8) is 0 Å². The topological polar surface area (TPSA) is 80.0 Å². The van der Waals surface area contributed by atoms with Gasteiger partial charge in [0.05, 0.1) is 30.2 Å².